The largest absolute Gasteiger partial charge is 0.339 e. The predicted octanol–water partition coefficient (Wildman–Crippen LogP) is 1.21. The summed E-state index contributed by atoms with van der Waals surface area (Å²) >= 11 is 0. The van der Waals surface area contributed by atoms with E-state index in [4.69, 9.17) is 0 Å². The number of nitrogens with zero attached hydrogens (tertiary/aromatic N) is 3. The van der Waals surface area contributed by atoms with E-state index in [-0.39, 0.29) is 18.5 Å². The zero-order valence-corrected chi connectivity index (χ0v) is 18.7. The van der Waals surface area contributed by atoms with Crippen molar-refractivity contribution in [1.29, 1.82) is 0 Å². The van der Waals surface area contributed by atoms with Crippen molar-refractivity contribution in [3.8, 4) is 0 Å². The summed E-state index contributed by atoms with van der Waals surface area (Å²) in [5.74, 6) is -0.110. The highest BCUT2D eigenvalue weighted by Gasteiger charge is 2.34. The predicted molar refractivity (Wildman–Crippen MR) is 114 cm³/mol. The molecule has 0 saturated carbocycles. The molecular weight excluding hydrogens is 388 g/mol. The third-order valence-electron chi connectivity index (χ3n) is 6.06. The molecule has 0 spiro atoms. The molecule has 1 aromatic rings. The number of hydrogen-bond donors (Lipinski definition) is 1. The molecule has 2 aliphatic rings. The Bertz CT molecular complexity index is 821. The fourth-order valence-corrected chi connectivity index (χ4v) is 6.03. The summed E-state index contributed by atoms with van der Waals surface area (Å²) in [5, 5.41) is 3.23. The van der Waals surface area contributed by atoms with Gasteiger partial charge < -0.3 is 10.2 Å². The highest BCUT2D eigenvalue weighted by atomic mass is 32.2. The van der Waals surface area contributed by atoms with Crippen LogP contribution in [-0.2, 0) is 14.8 Å². The van der Waals surface area contributed by atoms with Crippen LogP contribution in [-0.4, -0.2) is 86.8 Å². The molecular formula is C21H34N4O3S. The van der Waals surface area contributed by atoms with Crippen LogP contribution in [0.1, 0.15) is 30.9 Å². The Kier molecular flexibility index (Phi) is 7.32. The molecule has 1 N–H and O–H groups in total. The molecule has 0 bridgehead atoms. The van der Waals surface area contributed by atoms with E-state index in [1.165, 1.54) is 4.31 Å². The quantitative estimate of drug-likeness (QED) is 0.715. The van der Waals surface area contributed by atoms with E-state index in [1.807, 2.05) is 26.0 Å². The zero-order chi connectivity index (χ0) is 21.0. The summed E-state index contributed by atoms with van der Waals surface area (Å²) in [6.45, 7) is 10.7. The van der Waals surface area contributed by atoms with E-state index in [0.717, 1.165) is 44.6 Å². The Labute approximate surface area is 175 Å². The van der Waals surface area contributed by atoms with Gasteiger partial charge in [0.05, 0.1) is 11.4 Å². The molecule has 0 aliphatic carbocycles. The molecule has 8 heteroatoms. The number of likely N-dealkylation sites (N-methyl/N-ethyl adjacent to an activating group) is 1. The standard InChI is InChI=1S/C21H34N4O3S/c1-4-23-11-5-6-19(23)15-25(16-21(26)24-12-9-22-10-13-24)29(27,28)20-14-17(2)7-8-18(20)3/h7-8,14,19,22H,4-6,9-13,15-16H2,1-3H3. The second kappa shape index (κ2) is 9.55. The van der Waals surface area contributed by atoms with E-state index < -0.39 is 10.0 Å². The summed E-state index contributed by atoms with van der Waals surface area (Å²) in [6, 6.07) is 5.64. The lowest BCUT2D eigenvalue weighted by molar-refractivity contribution is -0.132. The number of aryl methyl sites for hydroxylation is 2. The van der Waals surface area contributed by atoms with Gasteiger partial charge >= 0.3 is 0 Å². The van der Waals surface area contributed by atoms with Crippen LogP contribution < -0.4 is 5.32 Å². The van der Waals surface area contributed by atoms with Gasteiger partial charge in [0.2, 0.25) is 15.9 Å². The molecule has 1 aromatic carbocycles. The van der Waals surface area contributed by atoms with Crippen LogP contribution in [0.25, 0.3) is 0 Å². The van der Waals surface area contributed by atoms with Gasteiger partial charge in [0, 0.05) is 38.8 Å². The molecule has 1 unspecified atom stereocenters. The second-order valence-electron chi connectivity index (χ2n) is 8.12. The van der Waals surface area contributed by atoms with Gasteiger partial charge in [0.1, 0.15) is 0 Å². The van der Waals surface area contributed by atoms with E-state index in [9.17, 15) is 13.2 Å². The van der Waals surface area contributed by atoms with Crippen LogP contribution in [0.4, 0.5) is 0 Å². The number of hydrogen-bond acceptors (Lipinski definition) is 5. The molecule has 2 heterocycles. The number of carbonyl (C=O) groups excluding carboxylic acids is 1. The van der Waals surface area contributed by atoms with Gasteiger partial charge in [-0.15, -0.1) is 0 Å². The number of benzene rings is 1. The van der Waals surface area contributed by atoms with Crippen molar-refractivity contribution >= 4 is 15.9 Å². The molecule has 3 rings (SSSR count). The maximum Gasteiger partial charge on any atom is 0.243 e. The van der Waals surface area contributed by atoms with Crippen LogP contribution in [0.3, 0.4) is 0 Å². The van der Waals surface area contributed by atoms with Crippen molar-refractivity contribution in [2.75, 3.05) is 52.4 Å². The van der Waals surface area contributed by atoms with Gasteiger partial charge in [-0.3, -0.25) is 9.69 Å². The van der Waals surface area contributed by atoms with Crippen molar-refractivity contribution in [2.45, 2.75) is 44.6 Å². The summed E-state index contributed by atoms with van der Waals surface area (Å²) < 4.78 is 28.7. The Balaban J connectivity index is 1.88. The summed E-state index contributed by atoms with van der Waals surface area (Å²) in [5.41, 5.74) is 1.62. The first kappa shape index (κ1) is 22.2. The van der Waals surface area contributed by atoms with Gasteiger partial charge in [0.15, 0.2) is 0 Å². The van der Waals surface area contributed by atoms with Gasteiger partial charge in [-0.2, -0.15) is 4.31 Å². The molecule has 7 nitrogen and oxygen atoms in total. The molecule has 162 valence electrons. The Morgan fingerprint density at radius 2 is 1.93 bits per heavy atom. The van der Waals surface area contributed by atoms with Crippen LogP contribution in [0, 0.1) is 13.8 Å². The number of piperazine rings is 1. The van der Waals surface area contributed by atoms with E-state index >= 15 is 0 Å². The van der Waals surface area contributed by atoms with E-state index in [1.54, 1.807) is 11.0 Å². The van der Waals surface area contributed by atoms with Crippen molar-refractivity contribution in [2.24, 2.45) is 0 Å². The maximum absolute atomic E-state index is 13.6. The van der Waals surface area contributed by atoms with Gasteiger partial charge in [-0.25, -0.2) is 8.42 Å². The summed E-state index contributed by atoms with van der Waals surface area (Å²) in [7, 11) is -3.76. The third-order valence-corrected chi connectivity index (χ3v) is 8.02. The lowest BCUT2D eigenvalue weighted by Crippen LogP contribution is -2.52. The van der Waals surface area contributed by atoms with Crippen molar-refractivity contribution in [3.05, 3.63) is 29.3 Å². The molecule has 29 heavy (non-hydrogen) atoms. The fourth-order valence-electron chi connectivity index (χ4n) is 4.29. The lowest BCUT2D eigenvalue weighted by Gasteiger charge is -2.33. The second-order valence-corrected chi connectivity index (χ2v) is 10.0. The number of sulfonamides is 1. The van der Waals surface area contributed by atoms with E-state index in [2.05, 4.69) is 17.1 Å². The SMILES string of the molecule is CCN1CCCC1CN(CC(=O)N1CCNCC1)S(=O)(=O)c1cc(C)ccc1C. The topological polar surface area (TPSA) is 73.0 Å². The number of likely N-dealkylation sites (tertiary alicyclic amines) is 1. The number of rotatable bonds is 7. The number of carbonyl (C=O) groups is 1. The fraction of sp³-hybridized carbons (Fsp3) is 0.667. The molecule has 1 amide bonds. The minimum Gasteiger partial charge on any atom is -0.339 e. The monoisotopic (exact) mass is 422 g/mol. The third kappa shape index (κ3) is 5.17. The molecule has 1 atom stereocenters. The normalized spacial score (nSPS) is 21.1. The highest BCUT2D eigenvalue weighted by molar-refractivity contribution is 7.89. The average Bonchev–Trinajstić information content (AvgIpc) is 3.17. The molecule has 0 radical (unpaired) electrons. The molecule has 2 aliphatic heterocycles. The van der Waals surface area contributed by atoms with Crippen LogP contribution in [0.2, 0.25) is 0 Å². The van der Waals surface area contributed by atoms with E-state index in [0.29, 0.717) is 30.1 Å². The Morgan fingerprint density at radius 3 is 2.62 bits per heavy atom. The molecule has 2 fully saturated rings. The Morgan fingerprint density at radius 1 is 1.21 bits per heavy atom. The van der Waals surface area contributed by atoms with Crippen LogP contribution >= 0.6 is 0 Å². The highest BCUT2D eigenvalue weighted by Crippen LogP contribution is 2.25. The summed E-state index contributed by atoms with van der Waals surface area (Å²) in [4.78, 5) is 17.3. The smallest absolute Gasteiger partial charge is 0.243 e. The number of amides is 1. The van der Waals surface area contributed by atoms with Gasteiger partial charge in [-0.1, -0.05) is 19.1 Å². The minimum atomic E-state index is -3.76. The van der Waals surface area contributed by atoms with Crippen molar-refractivity contribution in [1.82, 2.24) is 19.4 Å². The van der Waals surface area contributed by atoms with Crippen LogP contribution in [0.5, 0.6) is 0 Å². The average molecular weight is 423 g/mol. The van der Waals surface area contributed by atoms with Gasteiger partial charge in [0.25, 0.3) is 0 Å². The first-order valence-electron chi connectivity index (χ1n) is 10.6. The van der Waals surface area contributed by atoms with Crippen molar-refractivity contribution in [3.63, 3.8) is 0 Å². The zero-order valence-electron chi connectivity index (χ0n) is 17.9. The molecule has 0 aromatic heterocycles. The lowest BCUT2D eigenvalue weighted by atomic mass is 10.2. The van der Waals surface area contributed by atoms with Crippen LogP contribution in [0.15, 0.2) is 23.1 Å². The first-order valence-corrected chi connectivity index (χ1v) is 12.1. The number of nitrogens with one attached hydrogen (secondary N) is 1. The van der Waals surface area contributed by atoms with Gasteiger partial charge in [-0.05, 0) is 57.0 Å². The van der Waals surface area contributed by atoms with Crippen molar-refractivity contribution < 1.29 is 13.2 Å². The molecule has 2 saturated heterocycles. The minimum absolute atomic E-state index is 0.0935. The Hall–Kier alpha value is -1.48. The maximum atomic E-state index is 13.6. The first-order chi connectivity index (χ1) is 13.8. The summed E-state index contributed by atoms with van der Waals surface area (Å²) in [6.07, 6.45) is 2.04.